The number of hydrogen-bond donors (Lipinski definition) is 2. The molecule has 3 heterocycles. The number of esters is 1. The Kier molecular flexibility index (Phi) is 13.1. The zero-order chi connectivity index (χ0) is 34.0. The second kappa shape index (κ2) is 15.4. The minimum Gasteiger partial charge on any atom is -0.459 e. The molecular formula is C35H63NO9. The van der Waals surface area contributed by atoms with Gasteiger partial charge in [-0.15, -0.1) is 0 Å². The third-order valence-electron chi connectivity index (χ3n) is 11.2. The molecule has 2 N–H and O–H groups in total. The Morgan fingerprint density at radius 3 is 2.27 bits per heavy atom. The monoisotopic (exact) mass is 641 g/mol. The Balaban J connectivity index is 2.18. The number of likely N-dealkylation sites (N-methyl/N-ethyl adjacent to an activating group) is 1. The summed E-state index contributed by atoms with van der Waals surface area (Å²) in [5, 5.41) is 23.1. The fourth-order valence-corrected chi connectivity index (χ4v) is 7.92. The van der Waals surface area contributed by atoms with Crippen molar-refractivity contribution in [2.75, 3.05) is 34.4 Å². The number of hydrogen-bond acceptors (Lipinski definition) is 10. The van der Waals surface area contributed by atoms with E-state index < -0.39 is 53.8 Å². The molecule has 10 heteroatoms. The molecule has 1 unspecified atom stereocenters. The van der Waals surface area contributed by atoms with Gasteiger partial charge in [-0.1, -0.05) is 41.2 Å². The minimum absolute atomic E-state index is 0.0309. The zero-order valence-corrected chi connectivity index (χ0v) is 29.9. The zero-order valence-electron chi connectivity index (χ0n) is 29.9. The first-order valence-electron chi connectivity index (χ1n) is 16.9. The first-order chi connectivity index (χ1) is 20.9. The van der Waals surface area contributed by atoms with Crippen molar-refractivity contribution >= 4 is 5.97 Å². The molecule has 0 aromatic carbocycles. The lowest BCUT2D eigenvalue weighted by molar-refractivity contribution is -0.306. The first kappa shape index (κ1) is 38.3. The van der Waals surface area contributed by atoms with Crippen LogP contribution in [0, 0.1) is 29.6 Å². The van der Waals surface area contributed by atoms with Gasteiger partial charge in [-0.3, -0.25) is 4.79 Å². The van der Waals surface area contributed by atoms with Gasteiger partial charge in [0.25, 0.3) is 0 Å². The highest BCUT2D eigenvalue weighted by Gasteiger charge is 2.53. The number of carbonyl (C=O) groups excluding carboxylic acids is 1. The summed E-state index contributed by atoms with van der Waals surface area (Å²) in [7, 11) is 5.75. The van der Waals surface area contributed by atoms with E-state index in [0.29, 0.717) is 12.8 Å². The number of rotatable bonds is 5. The Morgan fingerprint density at radius 1 is 1.04 bits per heavy atom. The quantitative estimate of drug-likeness (QED) is 0.334. The fourth-order valence-electron chi connectivity index (χ4n) is 7.92. The van der Waals surface area contributed by atoms with Crippen molar-refractivity contribution in [1.29, 1.82) is 0 Å². The minimum atomic E-state index is -1.65. The third kappa shape index (κ3) is 8.31. The van der Waals surface area contributed by atoms with E-state index in [0.717, 1.165) is 12.0 Å². The molecule has 3 fully saturated rings. The fraction of sp³-hybridized carbons (Fsp3) is 0.914. The van der Waals surface area contributed by atoms with E-state index >= 15 is 0 Å². The number of fused-ring (bicyclic) bond motifs is 3. The maximum absolute atomic E-state index is 13.8. The van der Waals surface area contributed by atoms with Crippen molar-refractivity contribution in [2.45, 2.75) is 142 Å². The summed E-state index contributed by atoms with van der Waals surface area (Å²) in [5.74, 6) is -1.88. The smallest absolute Gasteiger partial charge is 0.311 e. The number of aliphatic hydroxyl groups excluding tert-OH is 1. The molecular weight excluding hydrogens is 578 g/mol. The molecule has 3 aliphatic heterocycles. The lowest BCUT2D eigenvalue weighted by Gasteiger charge is -2.49. The molecule has 0 aromatic rings. The number of carbonyl (C=O) groups is 1. The van der Waals surface area contributed by atoms with Crippen molar-refractivity contribution in [3.05, 3.63) is 12.2 Å². The molecule has 0 saturated carbocycles. The summed E-state index contributed by atoms with van der Waals surface area (Å²) in [6.07, 6.45) is -2.64. The van der Waals surface area contributed by atoms with Crippen LogP contribution in [0.4, 0.5) is 0 Å². The normalized spacial score (nSPS) is 47.8. The number of ether oxygens (including phenoxy) is 6. The molecule has 0 aromatic heterocycles. The molecule has 0 aliphatic carbocycles. The Bertz CT molecular complexity index is 990. The highest BCUT2D eigenvalue weighted by molar-refractivity contribution is 5.73. The highest BCUT2D eigenvalue weighted by atomic mass is 16.7. The van der Waals surface area contributed by atoms with E-state index in [1.807, 2.05) is 41.8 Å². The molecule has 10 nitrogen and oxygen atoms in total. The van der Waals surface area contributed by atoms with Gasteiger partial charge in [0.2, 0.25) is 0 Å². The summed E-state index contributed by atoms with van der Waals surface area (Å²) < 4.78 is 38.8. The maximum Gasteiger partial charge on any atom is 0.311 e. The van der Waals surface area contributed by atoms with Gasteiger partial charge < -0.3 is 43.5 Å². The van der Waals surface area contributed by atoms with Gasteiger partial charge in [0, 0.05) is 19.1 Å². The summed E-state index contributed by atoms with van der Waals surface area (Å²) >= 11 is 0. The largest absolute Gasteiger partial charge is 0.459 e. The standard InChI is InChI=1S/C35H63NO9/c1-14-27-35(10,39)30(37)23(6)22(5)20(3)16-34(9)31(45-33-29(40-13)26(36(11)12)15-21(4)43-33)24(7)28(25(8)32(38)44-27)41-17-19(2)18-42-34/h20-31,33,37,39H,2,14-18H2,1,3-13H3/t20-,21-,22?,23+,24+,25-,26+,27-,28+,29-,30-,31-,33+,34-,35-/m1/s1. The molecule has 0 amide bonds. The Hall–Kier alpha value is -1.11. The van der Waals surface area contributed by atoms with Crippen molar-refractivity contribution in [3.8, 4) is 0 Å². The van der Waals surface area contributed by atoms with Crippen LogP contribution in [-0.4, -0.2) is 116 Å². The van der Waals surface area contributed by atoms with Gasteiger partial charge >= 0.3 is 5.97 Å². The van der Waals surface area contributed by atoms with Crippen LogP contribution < -0.4 is 0 Å². The van der Waals surface area contributed by atoms with Crippen LogP contribution in [0.25, 0.3) is 0 Å². The van der Waals surface area contributed by atoms with Gasteiger partial charge in [-0.2, -0.15) is 0 Å². The molecule has 3 saturated heterocycles. The maximum atomic E-state index is 13.8. The van der Waals surface area contributed by atoms with Gasteiger partial charge in [0.05, 0.1) is 49.1 Å². The topological polar surface area (TPSA) is 116 Å². The van der Waals surface area contributed by atoms with Crippen LogP contribution in [0.5, 0.6) is 0 Å². The SMILES string of the molecule is C=C1CO[C@H]2[C@H](C)[C@@H](O[C@@H]3O[C@H](C)C[C@H](N(C)C)[C@H]3OC)[C@@](C)(C[C@@H](C)C(C)[C@H](C)[C@@H](O)[C@](C)(O)[C@@H](CC)OC(=O)[C@@H]2C)OC1. The molecule has 3 rings (SSSR count). The van der Waals surface area contributed by atoms with E-state index in [4.69, 9.17) is 28.4 Å². The summed E-state index contributed by atoms with van der Waals surface area (Å²) in [5.41, 5.74) is -1.76. The number of cyclic esters (lactones) is 1. The molecule has 2 bridgehead atoms. The van der Waals surface area contributed by atoms with Gasteiger partial charge in [-0.25, -0.2) is 0 Å². The van der Waals surface area contributed by atoms with Crippen LogP contribution in [0.3, 0.4) is 0 Å². The Morgan fingerprint density at radius 2 is 1.69 bits per heavy atom. The van der Waals surface area contributed by atoms with Crippen LogP contribution in [0.2, 0.25) is 0 Å². The molecule has 262 valence electrons. The van der Waals surface area contributed by atoms with Crippen LogP contribution in [0.1, 0.15) is 81.6 Å². The van der Waals surface area contributed by atoms with Crippen LogP contribution >= 0.6 is 0 Å². The van der Waals surface area contributed by atoms with Gasteiger partial charge in [0.1, 0.15) is 17.8 Å². The average Bonchev–Trinajstić information content (AvgIpc) is 3.02. The van der Waals surface area contributed by atoms with Crippen LogP contribution in [-0.2, 0) is 33.2 Å². The lowest BCUT2D eigenvalue weighted by Crippen LogP contribution is -2.60. The lowest BCUT2D eigenvalue weighted by atomic mass is 9.70. The van der Waals surface area contributed by atoms with Crippen LogP contribution in [0.15, 0.2) is 12.2 Å². The first-order valence-corrected chi connectivity index (χ1v) is 16.9. The number of methoxy groups -OCH3 is 1. The molecule has 15 atom stereocenters. The summed E-state index contributed by atoms with van der Waals surface area (Å²) in [6, 6.07) is 0.0706. The Labute approximate surface area is 272 Å². The summed E-state index contributed by atoms with van der Waals surface area (Å²) in [4.78, 5) is 16.0. The predicted octanol–water partition coefficient (Wildman–Crippen LogP) is 4.20. The highest BCUT2D eigenvalue weighted by Crippen LogP contribution is 2.43. The molecule has 0 radical (unpaired) electrons. The van der Waals surface area contributed by atoms with Crippen molar-refractivity contribution in [3.63, 3.8) is 0 Å². The molecule has 45 heavy (non-hydrogen) atoms. The van der Waals surface area contributed by atoms with Crippen molar-refractivity contribution in [2.24, 2.45) is 29.6 Å². The predicted molar refractivity (Wildman–Crippen MR) is 173 cm³/mol. The van der Waals surface area contributed by atoms with Gasteiger partial charge in [0.15, 0.2) is 6.29 Å². The molecule has 0 spiro atoms. The average molecular weight is 642 g/mol. The van der Waals surface area contributed by atoms with Crippen molar-refractivity contribution < 1.29 is 43.4 Å². The third-order valence-corrected chi connectivity index (χ3v) is 11.2. The van der Waals surface area contributed by atoms with E-state index in [9.17, 15) is 15.0 Å². The number of nitrogens with zero attached hydrogens (tertiary/aromatic N) is 1. The molecule has 3 aliphatic rings. The van der Waals surface area contributed by atoms with Gasteiger partial charge in [-0.05, 0) is 84.4 Å². The second-order valence-corrected chi connectivity index (χ2v) is 15.0. The van der Waals surface area contributed by atoms with E-state index in [2.05, 4.69) is 32.3 Å². The summed E-state index contributed by atoms with van der Waals surface area (Å²) in [6.45, 7) is 22.2. The van der Waals surface area contributed by atoms with Crippen molar-refractivity contribution in [1.82, 2.24) is 4.90 Å². The van der Waals surface area contributed by atoms with E-state index in [-0.39, 0.29) is 55.1 Å². The second-order valence-electron chi connectivity index (χ2n) is 15.0. The van der Waals surface area contributed by atoms with E-state index in [1.54, 1.807) is 21.0 Å². The van der Waals surface area contributed by atoms with E-state index in [1.165, 1.54) is 0 Å². The number of aliphatic hydroxyl groups is 2.